The molecule has 15 heavy (non-hydrogen) atoms. The average Bonchev–Trinajstić information content (AvgIpc) is 2.25. The predicted octanol–water partition coefficient (Wildman–Crippen LogP) is 3.27. The fourth-order valence-electron chi connectivity index (χ4n) is 2.13. The second kappa shape index (κ2) is 2.74. The summed E-state index contributed by atoms with van der Waals surface area (Å²) in [5.41, 5.74) is 0. The summed E-state index contributed by atoms with van der Waals surface area (Å²) in [7, 11) is 0. The fraction of sp³-hybridized carbons (Fsp3) is 0. The lowest BCUT2D eigenvalue weighted by Gasteiger charge is -2.05. The van der Waals surface area contributed by atoms with Gasteiger partial charge in [0.15, 0.2) is 5.75 Å². The third kappa shape index (κ3) is 1.03. The summed E-state index contributed by atoms with van der Waals surface area (Å²) in [6.45, 7) is 3.91. The van der Waals surface area contributed by atoms with Gasteiger partial charge in [-0.3, -0.25) is 5.11 Å². The molecular formula is C14H9O. The van der Waals surface area contributed by atoms with Gasteiger partial charge in [0.25, 0.3) is 0 Å². The van der Waals surface area contributed by atoms with Gasteiger partial charge in [0.2, 0.25) is 0 Å². The summed E-state index contributed by atoms with van der Waals surface area (Å²) >= 11 is 0. The van der Waals surface area contributed by atoms with E-state index in [1.807, 2.05) is 36.4 Å². The third-order valence-corrected chi connectivity index (χ3v) is 2.82. The highest BCUT2D eigenvalue weighted by molar-refractivity contribution is 6.12. The van der Waals surface area contributed by atoms with E-state index in [9.17, 15) is 5.11 Å². The van der Waals surface area contributed by atoms with Gasteiger partial charge in [-0.05, 0) is 22.1 Å². The molecule has 1 radical (unpaired) electrons. The van der Waals surface area contributed by atoms with E-state index in [0.29, 0.717) is 0 Å². The molecular weight excluding hydrogens is 184 g/mol. The maximum absolute atomic E-state index is 11.8. The summed E-state index contributed by atoms with van der Waals surface area (Å²) in [6.07, 6.45) is 0. The molecule has 0 amide bonds. The lowest BCUT2D eigenvalue weighted by molar-refractivity contribution is 0.360. The summed E-state index contributed by atoms with van der Waals surface area (Å²) in [4.78, 5) is 0. The molecule has 3 aromatic rings. The Morgan fingerprint density at radius 3 is 2.33 bits per heavy atom. The molecule has 0 fully saturated rings. The van der Waals surface area contributed by atoms with E-state index in [1.165, 1.54) is 0 Å². The zero-order valence-electron chi connectivity index (χ0n) is 8.16. The minimum absolute atomic E-state index is 0.0595. The van der Waals surface area contributed by atoms with E-state index in [0.717, 1.165) is 26.8 Å². The molecule has 0 aliphatic rings. The van der Waals surface area contributed by atoms with Crippen LogP contribution in [0, 0.1) is 0 Å². The second-order valence-electron chi connectivity index (χ2n) is 3.74. The molecule has 3 rings (SSSR count). The largest absolute Gasteiger partial charge is 0.289 e. The monoisotopic (exact) mass is 193 g/mol. The van der Waals surface area contributed by atoms with E-state index < -0.39 is 0 Å². The molecule has 0 aliphatic carbocycles. The summed E-state index contributed by atoms with van der Waals surface area (Å²) in [5, 5.41) is 16.6. The molecule has 0 heterocycles. The van der Waals surface area contributed by atoms with Gasteiger partial charge in [-0.15, -0.1) is 0 Å². The van der Waals surface area contributed by atoms with Crippen molar-refractivity contribution in [1.82, 2.24) is 0 Å². The van der Waals surface area contributed by atoms with Crippen LogP contribution in [0.2, 0.25) is 0 Å². The van der Waals surface area contributed by atoms with Crippen LogP contribution in [0.1, 0.15) is 0 Å². The zero-order chi connectivity index (χ0) is 10.4. The van der Waals surface area contributed by atoms with Crippen LogP contribution < -0.4 is 5.22 Å². The molecule has 3 aromatic carbocycles. The van der Waals surface area contributed by atoms with Crippen molar-refractivity contribution >= 4 is 28.1 Å². The first-order valence-corrected chi connectivity index (χ1v) is 4.87. The topological polar surface area (TPSA) is 19.9 Å². The molecule has 0 aromatic heterocycles. The summed E-state index contributed by atoms with van der Waals surface area (Å²) < 4.78 is 0. The Hall–Kier alpha value is -2.02. The first-order chi connectivity index (χ1) is 7.27. The quantitative estimate of drug-likeness (QED) is 0.522. The van der Waals surface area contributed by atoms with Crippen LogP contribution in [0.5, 0.6) is 5.75 Å². The van der Waals surface area contributed by atoms with Crippen molar-refractivity contribution in [3.8, 4) is 5.75 Å². The normalized spacial score (nSPS) is 11.2. The fourth-order valence-corrected chi connectivity index (χ4v) is 2.13. The summed E-state index contributed by atoms with van der Waals surface area (Å²) in [6, 6.07) is 13.4. The maximum atomic E-state index is 11.8. The van der Waals surface area contributed by atoms with E-state index in [-0.39, 0.29) is 5.75 Å². The van der Waals surface area contributed by atoms with Gasteiger partial charge in [0, 0.05) is 10.8 Å². The molecule has 0 unspecified atom stereocenters. The Morgan fingerprint density at radius 2 is 1.60 bits per heavy atom. The molecule has 0 atom stereocenters. The SMILES string of the molecule is C=c1cc([O])c2cccc3cccc1c32. The minimum Gasteiger partial charge on any atom is -0.289 e. The van der Waals surface area contributed by atoms with Crippen LogP contribution in [0.15, 0.2) is 42.5 Å². The van der Waals surface area contributed by atoms with Crippen molar-refractivity contribution in [2.24, 2.45) is 0 Å². The number of benzene rings is 3. The number of hydrogen-bond donors (Lipinski definition) is 0. The Bertz CT molecular complexity index is 693. The van der Waals surface area contributed by atoms with Crippen LogP contribution in [-0.2, 0) is 5.11 Å². The Kier molecular flexibility index (Phi) is 1.51. The average molecular weight is 193 g/mol. The van der Waals surface area contributed by atoms with Crippen LogP contribution in [0.25, 0.3) is 28.1 Å². The third-order valence-electron chi connectivity index (χ3n) is 2.82. The van der Waals surface area contributed by atoms with Gasteiger partial charge in [-0.2, -0.15) is 0 Å². The Morgan fingerprint density at radius 1 is 0.933 bits per heavy atom. The molecule has 0 N–H and O–H groups in total. The van der Waals surface area contributed by atoms with Crippen LogP contribution in [0.3, 0.4) is 0 Å². The number of rotatable bonds is 0. The van der Waals surface area contributed by atoms with E-state index in [4.69, 9.17) is 0 Å². The molecule has 71 valence electrons. The predicted molar refractivity (Wildman–Crippen MR) is 62.3 cm³/mol. The first-order valence-electron chi connectivity index (χ1n) is 4.87. The molecule has 0 spiro atoms. The van der Waals surface area contributed by atoms with E-state index in [2.05, 4.69) is 6.58 Å². The van der Waals surface area contributed by atoms with Gasteiger partial charge >= 0.3 is 0 Å². The minimum atomic E-state index is 0.0595. The van der Waals surface area contributed by atoms with Crippen LogP contribution >= 0.6 is 0 Å². The highest BCUT2D eigenvalue weighted by atomic mass is 16.3. The Labute approximate surface area is 87.3 Å². The van der Waals surface area contributed by atoms with Crippen LogP contribution in [0.4, 0.5) is 0 Å². The molecule has 0 saturated heterocycles. The van der Waals surface area contributed by atoms with Crippen molar-refractivity contribution in [1.29, 1.82) is 0 Å². The van der Waals surface area contributed by atoms with E-state index >= 15 is 0 Å². The smallest absolute Gasteiger partial charge is 0.187 e. The van der Waals surface area contributed by atoms with Crippen molar-refractivity contribution in [3.05, 3.63) is 47.7 Å². The maximum Gasteiger partial charge on any atom is 0.187 e. The standard InChI is InChI=1S/C14H9O/c1-9-8-13(15)12-7-3-5-10-4-2-6-11(9)14(10)12/h2-8H,1H2. The Balaban J connectivity index is 2.79. The molecule has 1 nitrogen and oxygen atoms in total. The first kappa shape index (κ1) is 8.30. The van der Waals surface area contributed by atoms with Crippen molar-refractivity contribution < 1.29 is 5.11 Å². The molecule has 1 heteroatoms. The van der Waals surface area contributed by atoms with Crippen molar-refractivity contribution in [2.75, 3.05) is 0 Å². The van der Waals surface area contributed by atoms with Gasteiger partial charge in [-0.25, -0.2) is 0 Å². The molecule has 0 saturated carbocycles. The van der Waals surface area contributed by atoms with E-state index in [1.54, 1.807) is 6.07 Å². The van der Waals surface area contributed by atoms with Gasteiger partial charge in [-0.1, -0.05) is 43.0 Å². The van der Waals surface area contributed by atoms with Gasteiger partial charge in [0.1, 0.15) is 0 Å². The number of hydrogen-bond acceptors (Lipinski definition) is 0. The highest BCUT2D eigenvalue weighted by Gasteiger charge is 2.06. The second-order valence-corrected chi connectivity index (χ2v) is 3.74. The van der Waals surface area contributed by atoms with Crippen LogP contribution in [-0.4, -0.2) is 0 Å². The summed E-state index contributed by atoms with van der Waals surface area (Å²) in [5.74, 6) is 0.0595. The molecule has 0 aliphatic heterocycles. The van der Waals surface area contributed by atoms with Crippen molar-refractivity contribution in [2.45, 2.75) is 0 Å². The van der Waals surface area contributed by atoms with Gasteiger partial charge in [0.05, 0.1) is 0 Å². The van der Waals surface area contributed by atoms with Crippen molar-refractivity contribution in [3.63, 3.8) is 0 Å². The zero-order valence-corrected chi connectivity index (χ0v) is 8.16. The lowest BCUT2D eigenvalue weighted by Crippen LogP contribution is -1.98. The highest BCUT2D eigenvalue weighted by Crippen LogP contribution is 2.30. The lowest BCUT2D eigenvalue weighted by atomic mass is 9.99. The molecule has 0 bridgehead atoms. The van der Waals surface area contributed by atoms with Gasteiger partial charge < -0.3 is 0 Å².